The Bertz CT molecular complexity index is 545. The van der Waals surface area contributed by atoms with E-state index in [4.69, 9.17) is 0 Å². The van der Waals surface area contributed by atoms with Crippen LogP contribution in [0, 0.1) is 0 Å². The third-order valence-corrected chi connectivity index (χ3v) is 3.66. The van der Waals surface area contributed by atoms with Crippen LogP contribution in [0.4, 0.5) is 11.4 Å². The zero-order chi connectivity index (χ0) is 11.7. The van der Waals surface area contributed by atoms with Crippen LogP contribution in [0.2, 0.25) is 0 Å². The molecule has 0 fully saturated rings. The molecule has 2 aromatic rings. The Balaban J connectivity index is 1.91. The van der Waals surface area contributed by atoms with Gasteiger partial charge in [-0.3, -0.25) is 0 Å². The monoisotopic (exact) mass is 243 g/mol. The van der Waals surface area contributed by atoms with Crippen LogP contribution in [0.3, 0.4) is 0 Å². The lowest BCUT2D eigenvalue weighted by molar-refractivity contribution is 0.921. The van der Waals surface area contributed by atoms with Gasteiger partial charge >= 0.3 is 0 Å². The molecule has 86 valence electrons. The van der Waals surface area contributed by atoms with Gasteiger partial charge in [0.1, 0.15) is 12.5 Å². The summed E-state index contributed by atoms with van der Waals surface area (Å²) in [6, 6.07) is 12.3. The van der Waals surface area contributed by atoms with Crippen LogP contribution in [0.1, 0.15) is 4.88 Å². The number of nitrogens with one attached hydrogen (secondary N) is 1. The maximum absolute atomic E-state index is 4.56. The van der Waals surface area contributed by atoms with E-state index in [0.717, 1.165) is 11.5 Å². The minimum absolute atomic E-state index is 0.707. The van der Waals surface area contributed by atoms with E-state index in [9.17, 15) is 0 Å². The first kappa shape index (κ1) is 10.4. The highest BCUT2D eigenvalue weighted by molar-refractivity contribution is 7.13. The molecule has 0 atom stereocenters. The minimum atomic E-state index is 0.707. The van der Waals surface area contributed by atoms with Crippen molar-refractivity contribution in [3.05, 3.63) is 46.7 Å². The third kappa shape index (κ3) is 1.91. The Labute approximate surface area is 104 Å². The van der Waals surface area contributed by atoms with Crippen molar-refractivity contribution in [3.8, 4) is 0 Å². The number of rotatable bonds is 1. The van der Waals surface area contributed by atoms with Crippen molar-refractivity contribution in [1.82, 2.24) is 0 Å². The molecule has 0 aliphatic carbocycles. The number of anilines is 2. The lowest BCUT2D eigenvalue weighted by atomic mass is 10.2. The summed E-state index contributed by atoms with van der Waals surface area (Å²) in [6.45, 7) is 0.707. The molecule has 0 saturated heterocycles. The first-order valence-electron chi connectivity index (χ1n) is 5.50. The van der Waals surface area contributed by atoms with Crippen LogP contribution in [-0.4, -0.2) is 19.6 Å². The summed E-state index contributed by atoms with van der Waals surface area (Å²) in [5.74, 6) is 0.972. The molecule has 17 heavy (non-hydrogen) atoms. The second-order valence-electron chi connectivity index (χ2n) is 3.97. The number of fused-ring (bicyclic) bond motifs is 1. The summed E-state index contributed by atoms with van der Waals surface area (Å²) < 4.78 is 0. The number of nitrogens with zero attached hydrogens (tertiary/aromatic N) is 2. The van der Waals surface area contributed by atoms with Crippen molar-refractivity contribution in [3.63, 3.8) is 0 Å². The molecule has 1 aliphatic rings. The SMILES string of the molecule is CN1CN=C(Nc2ccccc2)c2sccc21. The van der Waals surface area contributed by atoms with Gasteiger partial charge in [0.15, 0.2) is 0 Å². The lowest BCUT2D eigenvalue weighted by Crippen LogP contribution is -2.27. The fourth-order valence-corrected chi connectivity index (χ4v) is 2.76. The molecule has 3 rings (SSSR count). The number of aliphatic imine (C=N–C) groups is 1. The van der Waals surface area contributed by atoms with Gasteiger partial charge in [0.25, 0.3) is 0 Å². The van der Waals surface area contributed by atoms with Crippen LogP contribution in [0.15, 0.2) is 46.8 Å². The zero-order valence-corrected chi connectivity index (χ0v) is 10.4. The molecule has 1 aliphatic heterocycles. The first-order valence-corrected chi connectivity index (χ1v) is 6.38. The van der Waals surface area contributed by atoms with Crippen LogP contribution >= 0.6 is 11.3 Å². The third-order valence-electron chi connectivity index (χ3n) is 2.75. The molecule has 3 nitrogen and oxygen atoms in total. The average molecular weight is 243 g/mol. The molecular formula is C13H13N3S. The molecule has 2 heterocycles. The predicted molar refractivity (Wildman–Crippen MR) is 74.2 cm³/mol. The standard InChI is InChI=1S/C13H13N3S/c1-16-9-14-13(12-11(16)7-8-17-12)15-10-5-3-2-4-6-10/h2-8H,9H2,1H3,(H,14,15). The molecule has 0 radical (unpaired) electrons. The normalized spacial score (nSPS) is 14.2. The van der Waals surface area contributed by atoms with Gasteiger partial charge in [-0.2, -0.15) is 0 Å². The Hall–Kier alpha value is -1.81. The average Bonchev–Trinajstić information content (AvgIpc) is 2.84. The van der Waals surface area contributed by atoms with Crippen LogP contribution in [0.25, 0.3) is 0 Å². The highest BCUT2D eigenvalue weighted by Gasteiger charge is 2.18. The topological polar surface area (TPSA) is 27.6 Å². The van der Waals surface area contributed by atoms with Crippen molar-refractivity contribution in [2.24, 2.45) is 4.99 Å². The Morgan fingerprint density at radius 3 is 2.88 bits per heavy atom. The predicted octanol–water partition coefficient (Wildman–Crippen LogP) is 3.01. The fourth-order valence-electron chi connectivity index (χ4n) is 1.86. The molecular weight excluding hydrogens is 230 g/mol. The molecule has 0 bridgehead atoms. The van der Waals surface area contributed by atoms with E-state index < -0.39 is 0 Å². The molecule has 0 amide bonds. The van der Waals surface area contributed by atoms with E-state index in [1.54, 1.807) is 11.3 Å². The van der Waals surface area contributed by atoms with Crippen LogP contribution < -0.4 is 10.2 Å². The lowest BCUT2D eigenvalue weighted by Gasteiger charge is -2.23. The first-order chi connectivity index (χ1) is 8.34. The van der Waals surface area contributed by atoms with Gasteiger partial charge < -0.3 is 10.2 Å². The van der Waals surface area contributed by atoms with E-state index in [0.29, 0.717) is 6.67 Å². The molecule has 0 spiro atoms. The van der Waals surface area contributed by atoms with Crippen LogP contribution in [-0.2, 0) is 0 Å². The number of hydrogen-bond acceptors (Lipinski definition) is 4. The molecule has 1 aromatic heterocycles. The maximum Gasteiger partial charge on any atom is 0.146 e. The summed E-state index contributed by atoms with van der Waals surface area (Å²) in [5, 5.41) is 5.48. The molecule has 4 heteroatoms. The summed E-state index contributed by atoms with van der Waals surface area (Å²) >= 11 is 1.72. The highest BCUT2D eigenvalue weighted by Crippen LogP contribution is 2.29. The fraction of sp³-hybridized carbons (Fsp3) is 0.154. The van der Waals surface area contributed by atoms with Crippen LogP contribution in [0.5, 0.6) is 0 Å². The van der Waals surface area contributed by atoms with Gasteiger partial charge in [-0.05, 0) is 23.6 Å². The quantitative estimate of drug-likeness (QED) is 0.833. The minimum Gasteiger partial charge on any atom is -0.354 e. The molecule has 1 aromatic carbocycles. The second kappa shape index (κ2) is 4.22. The Kier molecular flexibility index (Phi) is 2.57. The van der Waals surface area contributed by atoms with Crippen molar-refractivity contribution in [2.75, 3.05) is 23.9 Å². The summed E-state index contributed by atoms with van der Waals surface area (Å²) in [7, 11) is 2.06. The zero-order valence-electron chi connectivity index (χ0n) is 9.55. The van der Waals surface area contributed by atoms with Gasteiger partial charge in [-0.15, -0.1) is 11.3 Å². The maximum atomic E-state index is 4.56. The molecule has 0 saturated carbocycles. The van der Waals surface area contributed by atoms with Crippen molar-refractivity contribution < 1.29 is 0 Å². The van der Waals surface area contributed by atoms with Gasteiger partial charge in [0.05, 0.1) is 10.6 Å². The van der Waals surface area contributed by atoms with Gasteiger partial charge in [-0.25, -0.2) is 4.99 Å². The van der Waals surface area contributed by atoms with E-state index in [-0.39, 0.29) is 0 Å². The van der Waals surface area contributed by atoms with E-state index >= 15 is 0 Å². The number of thiophene rings is 1. The van der Waals surface area contributed by atoms with Crippen molar-refractivity contribution in [2.45, 2.75) is 0 Å². The number of amidine groups is 1. The summed E-state index contributed by atoms with van der Waals surface area (Å²) in [5.41, 5.74) is 2.33. The van der Waals surface area contributed by atoms with E-state index in [1.807, 2.05) is 30.3 Å². The van der Waals surface area contributed by atoms with Crippen molar-refractivity contribution in [1.29, 1.82) is 0 Å². The Morgan fingerprint density at radius 1 is 1.24 bits per heavy atom. The van der Waals surface area contributed by atoms with Gasteiger partial charge in [-0.1, -0.05) is 18.2 Å². The number of para-hydroxylation sites is 1. The number of hydrogen-bond donors (Lipinski definition) is 1. The summed E-state index contributed by atoms with van der Waals surface area (Å²) in [6.07, 6.45) is 0. The van der Waals surface area contributed by atoms with Gasteiger partial charge in [0.2, 0.25) is 0 Å². The highest BCUT2D eigenvalue weighted by atomic mass is 32.1. The largest absolute Gasteiger partial charge is 0.354 e. The molecule has 0 unspecified atom stereocenters. The summed E-state index contributed by atoms with van der Waals surface area (Å²) in [4.78, 5) is 7.93. The van der Waals surface area contributed by atoms with E-state index in [2.05, 4.69) is 33.7 Å². The van der Waals surface area contributed by atoms with Crippen molar-refractivity contribution >= 4 is 28.5 Å². The van der Waals surface area contributed by atoms with E-state index in [1.165, 1.54) is 10.6 Å². The Morgan fingerprint density at radius 2 is 2.06 bits per heavy atom. The number of benzene rings is 1. The molecule has 1 N–H and O–H groups in total. The van der Waals surface area contributed by atoms with Gasteiger partial charge in [0, 0.05) is 12.7 Å². The smallest absolute Gasteiger partial charge is 0.146 e. The second-order valence-corrected chi connectivity index (χ2v) is 4.89.